The van der Waals surface area contributed by atoms with Crippen LogP contribution in [0.25, 0.3) is 0 Å². The van der Waals surface area contributed by atoms with Crippen molar-refractivity contribution in [1.82, 2.24) is 0 Å². The van der Waals surface area contributed by atoms with E-state index in [2.05, 4.69) is 0 Å². The van der Waals surface area contributed by atoms with Crippen LogP contribution in [0, 0.1) is 0 Å². The first kappa shape index (κ1) is 8.47. The van der Waals surface area contributed by atoms with Gasteiger partial charge in [-0.1, -0.05) is 0 Å². The first-order valence-corrected chi connectivity index (χ1v) is 4.09. The number of hydrogen-bond acceptors (Lipinski definition) is 2. The van der Waals surface area contributed by atoms with Crippen molar-refractivity contribution in [2.45, 2.75) is 12.8 Å². The molecule has 1 aromatic rings. The van der Waals surface area contributed by atoms with Crippen LogP contribution in [0.2, 0.25) is 0 Å². The highest BCUT2D eigenvalue weighted by atomic mass is 35.5. The first-order chi connectivity index (χ1) is 5.36. The Morgan fingerprint density at radius 2 is 2.36 bits per heavy atom. The fourth-order valence-electron chi connectivity index (χ4n) is 0.843. The largest absolute Gasteiger partial charge is 0.468 e. The standard InChI is InChI=1S/C8H11ClO2/c1-10-8-5-4-7(11-8)3-2-6-9/h4-5H,2-3,6H2,1H3. The number of aryl methyl sites for hydroxylation is 1. The van der Waals surface area contributed by atoms with E-state index < -0.39 is 0 Å². The predicted octanol–water partition coefficient (Wildman–Crippen LogP) is 2.46. The zero-order valence-electron chi connectivity index (χ0n) is 6.47. The predicted molar refractivity (Wildman–Crippen MR) is 44.3 cm³/mol. The molecule has 1 aromatic heterocycles. The van der Waals surface area contributed by atoms with Crippen molar-refractivity contribution in [3.8, 4) is 5.95 Å². The molecule has 3 heteroatoms. The van der Waals surface area contributed by atoms with E-state index in [4.69, 9.17) is 20.8 Å². The topological polar surface area (TPSA) is 22.4 Å². The highest BCUT2D eigenvalue weighted by Gasteiger charge is 1.99. The molecule has 0 aromatic carbocycles. The van der Waals surface area contributed by atoms with Gasteiger partial charge in [0.05, 0.1) is 7.11 Å². The minimum absolute atomic E-state index is 0.564. The number of methoxy groups -OCH3 is 1. The van der Waals surface area contributed by atoms with Crippen molar-refractivity contribution in [2.24, 2.45) is 0 Å². The Hall–Kier alpha value is -0.630. The van der Waals surface area contributed by atoms with Crippen molar-refractivity contribution in [2.75, 3.05) is 13.0 Å². The second-order valence-corrected chi connectivity index (χ2v) is 2.60. The lowest BCUT2D eigenvalue weighted by atomic mass is 10.3. The van der Waals surface area contributed by atoms with Crippen LogP contribution >= 0.6 is 11.6 Å². The molecule has 0 fully saturated rings. The van der Waals surface area contributed by atoms with Gasteiger partial charge in [-0.2, -0.15) is 0 Å². The number of furan rings is 1. The van der Waals surface area contributed by atoms with Gasteiger partial charge in [0.2, 0.25) is 0 Å². The number of ether oxygens (including phenoxy) is 1. The van der Waals surface area contributed by atoms with E-state index in [1.807, 2.05) is 12.1 Å². The molecule has 11 heavy (non-hydrogen) atoms. The van der Waals surface area contributed by atoms with Crippen LogP contribution in [-0.4, -0.2) is 13.0 Å². The monoisotopic (exact) mass is 174 g/mol. The Labute approximate surface area is 71.1 Å². The lowest BCUT2D eigenvalue weighted by Crippen LogP contribution is -1.82. The Balaban J connectivity index is 2.44. The van der Waals surface area contributed by atoms with Crippen LogP contribution in [0.5, 0.6) is 5.95 Å². The van der Waals surface area contributed by atoms with Crippen LogP contribution in [0.3, 0.4) is 0 Å². The molecular weight excluding hydrogens is 164 g/mol. The van der Waals surface area contributed by atoms with Crippen LogP contribution in [-0.2, 0) is 6.42 Å². The van der Waals surface area contributed by atoms with E-state index in [0.29, 0.717) is 11.8 Å². The lowest BCUT2D eigenvalue weighted by Gasteiger charge is -1.92. The fourth-order valence-corrected chi connectivity index (χ4v) is 0.977. The van der Waals surface area contributed by atoms with Gasteiger partial charge in [0.1, 0.15) is 5.76 Å². The van der Waals surface area contributed by atoms with Crippen LogP contribution in [0.15, 0.2) is 16.5 Å². The summed E-state index contributed by atoms with van der Waals surface area (Å²) in [4.78, 5) is 0. The molecule has 0 aliphatic carbocycles. The van der Waals surface area contributed by atoms with Crippen LogP contribution in [0.4, 0.5) is 0 Å². The average molecular weight is 175 g/mol. The number of alkyl halides is 1. The summed E-state index contributed by atoms with van der Waals surface area (Å²) in [6.45, 7) is 0. The third kappa shape index (κ3) is 2.46. The molecule has 0 amide bonds. The van der Waals surface area contributed by atoms with Crippen molar-refractivity contribution in [3.63, 3.8) is 0 Å². The molecule has 62 valence electrons. The minimum atomic E-state index is 0.564. The maximum absolute atomic E-state index is 5.52. The molecule has 0 bridgehead atoms. The van der Waals surface area contributed by atoms with E-state index in [9.17, 15) is 0 Å². The van der Waals surface area contributed by atoms with Crippen molar-refractivity contribution in [1.29, 1.82) is 0 Å². The summed E-state index contributed by atoms with van der Waals surface area (Å²) in [6, 6.07) is 3.72. The van der Waals surface area contributed by atoms with Gasteiger partial charge in [0.15, 0.2) is 0 Å². The molecule has 1 rings (SSSR count). The molecule has 0 radical (unpaired) electrons. The van der Waals surface area contributed by atoms with Crippen molar-refractivity contribution in [3.05, 3.63) is 17.9 Å². The fraction of sp³-hybridized carbons (Fsp3) is 0.500. The molecule has 0 aliphatic rings. The lowest BCUT2D eigenvalue weighted by molar-refractivity contribution is 0.294. The van der Waals surface area contributed by atoms with Gasteiger partial charge in [0.25, 0.3) is 5.95 Å². The SMILES string of the molecule is COc1ccc(CCCCl)o1. The third-order valence-corrected chi connectivity index (χ3v) is 1.66. The third-order valence-electron chi connectivity index (χ3n) is 1.39. The molecule has 2 nitrogen and oxygen atoms in total. The summed E-state index contributed by atoms with van der Waals surface area (Å²) in [5, 5.41) is 0. The van der Waals surface area contributed by atoms with Gasteiger partial charge in [-0.3, -0.25) is 0 Å². The second-order valence-electron chi connectivity index (χ2n) is 2.22. The van der Waals surface area contributed by atoms with Crippen LogP contribution in [0.1, 0.15) is 12.2 Å². The molecule has 0 saturated heterocycles. The summed E-state index contributed by atoms with van der Waals surface area (Å²) in [5.41, 5.74) is 0. The highest BCUT2D eigenvalue weighted by Crippen LogP contribution is 2.16. The maximum atomic E-state index is 5.52. The van der Waals surface area contributed by atoms with E-state index in [-0.39, 0.29) is 0 Å². The van der Waals surface area contributed by atoms with E-state index in [0.717, 1.165) is 18.6 Å². The quantitative estimate of drug-likeness (QED) is 0.655. The second kappa shape index (κ2) is 4.29. The number of hydrogen-bond donors (Lipinski definition) is 0. The van der Waals surface area contributed by atoms with Gasteiger partial charge in [-0.05, 0) is 12.5 Å². The van der Waals surface area contributed by atoms with Crippen molar-refractivity contribution < 1.29 is 9.15 Å². The summed E-state index contributed by atoms with van der Waals surface area (Å²) >= 11 is 5.52. The summed E-state index contributed by atoms with van der Waals surface area (Å²) in [6.07, 6.45) is 1.82. The van der Waals surface area contributed by atoms with Gasteiger partial charge >= 0.3 is 0 Å². The zero-order valence-corrected chi connectivity index (χ0v) is 7.23. The molecular formula is C8H11ClO2. The number of halogens is 1. The Morgan fingerprint density at radius 3 is 2.91 bits per heavy atom. The van der Waals surface area contributed by atoms with Gasteiger partial charge < -0.3 is 9.15 Å². The smallest absolute Gasteiger partial charge is 0.284 e. The molecule has 0 spiro atoms. The van der Waals surface area contributed by atoms with E-state index in [1.54, 1.807) is 7.11 Å². The normalized spacial score (nSPS) is 10.0. The molecule has 0 saturated carbocycles. The Morgan fingerprint density at radius 1 is 1.55 bits per heavy atom. The zero-order chi connectivity index (χ0) is 8.10. The number of rotatable bonds is 4. The Kier molecular flexibility index (Phi) is 3.30. The van der Waals surface area contributed by atoms with E-state index in [1.165, 1.54) is 0 Å². The van der Waals surface area contributed by atoms with Gasteiger partial charge in [0, 0.05) is 18.4 Å². The first-order valence-electron chi connectivity index (χ1n) is 3.55. The molecule has 0 N–H and O–H groups in total. The minimum Gasteiger partial charge on any atom is -0.468 e. The molecule has 1 heterocycles. The van der Waals surface area contributed by atoms with Crippen LogP contribution < -0.4 is 4.74 Å². The molecule has 0 atom stereocenters. The summed E-state index contributed by atoms with van der Waals surface area (Å²) in [5.74, 6) is 2.17. The Bertz CT molecular complexity index is 208. The van der Waals surface area contributed by atoms with E-state index >= 15 is 0 Å². The molecule has 0 unspecified atom stereocenters. The average Bonchev–Trinajstić information content (AvgIpc) is 2.48. The van der Waals surface area contributed by atoms with Gasteiger partial charge in [-0.25, -0.2) is 0 Å². The van der Waals surface area contributed by atoms with Crippen molar-refractivity contribution >= 4 is 11.6 Å². The van der Waals surface area contributed by atoms with Gasteiger partial charge in [-0.15, -0.1) is 11.6 Å². The maximum Gasteiger partial charge on any atom is 0.284 e. The summed E-state index contributed by atoms with van der Waals surface area (Å²) in [7, 11) is 1.59. The summed E-state index contributed by atoms with van der Waals surface area (Å²) < 4.78 is 10.1. The highest BCUT2D eigenvalue weighted by molar-refractivity contribution is 6.17. The molecule has 0 aliphatic heterocycles.